The number of carbonyl (C=O) groups excluding carboxylic acids is 2. The van der Waals surface area contributed by atoms with Crippen LogP contribution in [0.5, 0.6) is 0 Å². The third-order valence-corrected chi connectivity index (χ3v) is 4.33. The van der Waals surface area contributed by atoms with Crippen LogP contribution in [0, 0.1) is 0 Å². The number of anilines is 1. The quantitative estimate of drug-likeness (QED) is 0.685. The molecule has 3 aromatic rings. The zero-order valence-electron chi connectivity index (χ0n) is 13.5. The van der Waals surface area contributed by atoms with Crippen LogP contribution < -0.4 is 10.6 Å². The Hall–Kier alpha value is -2.93. The Balaban J connectivity index is 1.53. The van der Waals surface area contributed by atoms with E-state index in [1.54, 1.807) is 48.1 Å². The summed E-state index contributed by atoms with van der Waals surface area (Å²) in [6.45, 7) is 1.05. The fourth-order valence-corrected chi connectivity index (χ4v) is 2.96. The maximum atomic E-state index is 12.2. The van der Waals surface area contributed by atoms with Crippen molar-refractivity contribution in [1.29, 1.82) is 0 Å². The summed E-state index contributed by atoms with van der Waals surface area (Å²) < 4.78 is 1.84. The number of hydrogen-bond donors (Lipinski definition) is 2. The van der Waals surface area contributed by atoms with E-state index < -0.39 is 0 Å². The van der Waals surface area contributed by atoms with Crippen LogP contribution >= 0.6 is 11.3 Å². The predicted molar refractivity (Wildman–Crippen MR) is 97.4 cm³/mol. The average molecular weight is 354 g/mol. The number of benzene rings is 1. The van der Waals surface area contributed by atoms with Crippen LogP contribution in [-0.4, -0.2) is 21.4 Å². The normalized spacial score (nSPS) is 10.4. The molecule has 0 aliphatic carbocycles. The van der Waals surface area contributed by atoms with Gasteiger partial charge in [0.1, 0.15) is 0 Å². The summed E-state index contributed by atoms with van der Waals surface area (Å²) >= 11 is 1.60. The largest absolute Gasteiger partial charge is 0.348 e. The van der Waals surface area contributed by atoms with Crippen molar-refractivity contribution in [2.24, 2.45) is 0 Å². The Morgan fingerprint density at radius 2 is 2.16 bits per heavy atom. The number of imidazole rings is 1. The molecule has 2 amide bonds. The smallest absolute Gasteiger partial charge is 0.251 e. The van der Waals surface area contributed by atoms with Gasteiger partial charge in [-0.25, -0.2) is 4.98 Å². The van der Waals surface area contributed by atoms with E-state index in [0.29, 0.717) is 30.8 Å². The summed E-state index contributed by atoms with van der Waals surface area (Å²) in [5.74, 6) is -0.273. The summed E-state index contributed by atoms with van der Waals surface area (Å²) in [7, 11) is 0. The van der Waals surface area contributed by atoms with Crippen LogP contribution in [0.2, 0.25) is 0 Å². The van der Waals surface area contributed by atoms with Gasteiger partial charge in [0.05, 0.1) is 6.33 Å². The minimum absolute atomic E-state index is 0.107. The lowest BCUT2D eigenvalue weighted by atomic mass is 10.2. The summed E-state index contributed by atoms with van der Waals surface area (Å²) in [6.07, 6.45) is 5.50. The molecule has 0 saturated heterocycles. The number of amides is 2. The van der Waals surface area contributed by atoms with Gasteiger partial charge in [-0.3, -0.25) is 9.59 Å². The SMILES string of the molecule is O=C(CCn1ccnc1)Nc1cccc(C(=O)NCc2ccsc2)c1. The van der Waals surface area contributed by atoms with Crippen molar-refractivity contribution < 1.29 is 9.59 Å². The molecule has 7 heteroatoms. The second-order valence-electron chi connectivity index (χ2n) is 5.49. The molecule has 2 heterocycles. The first-order valence-electron chi connectivity index (χ1n) is 7.85. The Morgan fingerprint density at radius 3 is 2.92 bits per heavy atom. The molecule has 0 fully saturated rings. The molecule has 0 bridgehead atoms. The third kappa shape index (κ3) is 5.02. The Kier molecular flexibility index (Phi) is 5.58. The zero-order valence-corrected chi connectivity index (χ0v) is 14.3. The van der Waals surface area contributed by atoms with Gasteiger partial charge >= 0.3 is 0 Å². The third-order valence-electron chi connectivity index (χ3n) is 3.60. The van der Waals surface area contributed by atoms with Crippen LogP contribution in [0.3, 0.4) is 0 Å². The first-order chi connectivity index (χ1) is 12.2. The van der Waals surface area contributed by atoms with Gasteiger partial charge in [-0.2, -0.15) is 11.3 Å². The van der Waals surface area contributed by atoms with Crippen LogP contribution in [0.15, 0.2) is 59.8 Å². The molecule has 1 aromatic carbocycles. The highest BCUT2D eigenvalue weighted by molar-refractivity contribution is 7.07. The standard InChI is InChI=1S/C18H18N4O2S/c23-17(4-7-22-8-6-19-13-22)21-16-3-1-2-15(10-16)18(24)20-11-14-5-9-25-12-14/h1-3,5-6,8-10,12-13H,4,7,11H2,(H,20,24)(H,21,23). The van der Waals surface area contributed by atoms with Gasteiger partial charge in [0, 0.05) is 43.2 Å². The molecular weight excluding hydrogens is 336 g/mol. The molecule has 6 nitrogen and oxygen atoms in total. The van der Waals surface area contributed by atoms with Gasteiger partial charge in [-0.05, 0) is 40.6 Å². The summed E-state index contributed by atoms with van der Waals surface area (Å²) in [6, 6.07) is 8.90. The van der Waals surface area contributed by atoms with Gasteiger partial charge in [-0.1, -0.05) is 6.07 Å². The van der Waals surface area contributed by atoms with Gasteiger partial charge in [0.2, 0.25) is 5.91 Å². The molecule has 3 rings (SSSR count). The van der Waals surface area contributed by atoms with Gasteiger partial charge in [-0.15, -0.1) is 0 Å². The van der Waals surface area contributed by atoms with Crippen LogP contribution in [0.1, 0.15) is 22.3 Å². The number of nitrogens with one attached hydrogen (secondary N) is 2. The number of aromatic nitrogens is 2. The lowest BCUT2D eigenvalue weighted by Crippen LogP contribution is -2.22. The molecule has 128 valence electrons. The monoisotopic (exact) mass is 354 g/mol. The molecule has 0 aliphatic rings. The first-order valence-corrected chi connectivity index (χ1v) is 8.80. The lowest BCUT2D eigenvalue weighted by molar-refractivity contribution is -0.116. The van der Waals surface area contributed by atoms with E-state index in [2.05, 4.69) is 15.6 Å². The number of nitrogens with zero attached hydrogens (tertiary/aromatic N) is 2. The lowest BCUT2D eigenvalue weighted by Gasteiger charge is -2.08. The molecule has 25 heavy (non-hydrogen) atoms. The number of hydrogen-bond acceptors (Lipinski definition) is 4. The van der Waals surface area contributed by atoms with Gasteiger partial charge in [0.15, 0.2) is 0 Å². The van der Waals surface area contributed by atoms with Crippen LogP contribution in [0.25, 0.3) is 0 Å². The van der Waals surface area contributed by atoms with E-state index in [1.165, 1.54) is 0 Å². The Labute approximate surface area is 149 Å². The highest BCUT2D eigenvalue weighted by Gasteiger charge is 2.08. The van der Waals surface area contributed by atoms with E-state index >= 15 is 0 Å². The van der Waals surface area contributed by atoms with Crippen molar-refractivity contribution in [3.8, 4) is 0 Å². The van der Waals surface area contributed by atoms with E-state index in [-0.39, 0.29) is 11.8 Å². The summed E-state index contributed by atoms with van der Waals surface area (Å²) in [5, 5.41) is 9.66. The molecule has 0 unspecified atom stereocenters. The highest BCUT2D eigenvalue weighted by atomic mass is 32.1. The summed E-state index contributed by atoms with van der Waals surface area (Å²) in [4.78, 5) is 28.2. The van der Waals surface area contributed by atoms with Crippen molar-refractivity contribution in [2.75, 3.05) is 5.32 Å². The Bertz CT molecular complexity index is 829. The van der Waals surface area contributed by atoms with Crippen molar-refractivity contribution in [3.05, 3.63) is 70.9 Å². The van der Waals surface area contributed by atoms with E-state index in [1.807, 2.05) is 27.6 Å². The van der Waals surface area contributed by atoms with Crippen LogP contribution in [0.4, 0.5) is 5.69 Å². The van der Waals surface area contributed by atoms with Gasteiger partial charge in [0.25, 0.3) is 5.91 Å². The van der Waals surface area contributed by atoms with E-state index in [4.69, 9.17) is 0 Å². The first kappa shape index (κ1) is 16.9. The molecule has 0 radical (unpaired) electrons. The molecule has 2 aromatic heterocycles. The zero-order chi connectivity index (χ0) is 17.5. The molecule has 0 saturated carbocycles. The second kappa shape index (κ2) is 8.25. The second-order valence-corrected chi connectivity index (χ2v) is 6.27. The topological polar surface area (TPSA) is 76.0 Å². The van der Waals surface area contributed by atoms with Crippen molar-refractivity contribution >= 4 is 28.8 Å². The fourth-order valence-electron chi connectivity index (χ4n) is 2.29. The maximum Gasteiger partial charge on any atom is 0.251 e. The van der Waals surface area contributed by atoms with E-state index in [0.717, 1.165) is 5.56 Å². The fraction of sp³-hybridized carbons (Fsp3) is 0.167. The minimum Gasteiger partial charge on any atom is -0.348 e. The van der Waals surface area contributed by atoms with Crippen molar-refractivity contribution in [3.63, 3.8) is 0 Å². The number of aryl methyl sites for hydroxylation is 1. The number of thiophene rings is 1. The van der Waals surface area contributed by atoms with Crippen molar-refractivity contribution in [2.45, 2.75) is 19.5 Å². The summed E-state index contributed by atoms with van der Waals surface area (Å²) in [5.41, 5.74) is 2.20. The maximum absolute atomic E-state index is 12.2. The number of carbonyl (C=O) groups is 2. The molecule has 0 spiro atoms. The molecule has 2 N–H and O–H groups in total. The average Bonchev–Trinajstić information content (AvgIpc) is 3.32. The minimum atomic E-state index is -0.166. The highest BCUT2D eigenvalue weighted by Crippen LogP contribution is 2.12. The van der Waals surface area contributed by atoms with E-state index in [9.17, 15) is 9.59 Å². The van der Waals surface area contributed by atoms with Crippen LogP contribution in [-0.2, 0) is 17.9 Å². The Morgan fingerprint density at radius 1 is 1.24 bits per heavy atom. The number of rotatable bonds is 7. The molecular formula is C18H18N4O2S. The molecule has 0 aliphatic heterocycles. The predicted octanol–water partition coefficient (Wildman–Crippen LogP) is 2.90. The van der Waals surface area contributed by atoms with Crippen molar-refractivity contribution in [1.82, 2.24) is 14.9 Å². The molecule has 0 atom stereocenters. The van der Waals surface area contributed by atoms with Gasteiger partial charge < -0.3 is 15.2 Å².